The Labute approximate surface area is 176 Å². The molecule has 2 heteroatoms. The van der Waals surface area contributed by atoms with Crippen LogP contribution in [0.25, 0.3) is 11.6 Å². The Bertz CT molecular complexity index is 914. The van der Waals surface area contributed by atoms with E-state index < -0.39 is 0 Å². The number of carbonyl (C=O) groups is 1. The van der Waals surface area contributed by atoms with E-state index in [-0.39, 0.29) is 16.8 Å². The zero-order valence-corrected chi connectivity index (χ0v) is 18.8. The molecule has 0 saturated carbocycles. The maximum atomic E-state index is 11.8. The van der Waals surface area contributed by atoms with Gasteiger partial charge in [-0.3, -0.25) is 0 Å². The summed E-state index contributed by atoms with van der Waals surface area (Å²) in [7, 11) is 0. The van der Waals surface area contributed by atoms with Crippen LogP contribution in [0.2, 0.25) is 0 Å². The van der Waals surface area contributed by atoms with E-state index >= 15 is 0 Å². The summed E-state index contributed by atoms with van der Waals surface area (Å²) >= 11 is 0. The normalized spacial score (nSPS) is 17.9. The standard InChI is InChI=1S/C27H34O2/c1-7-29-25(28)21-11-9-20(10-12-21)17-19(2)22-13-14-23-24(18-22)27(5,6)16-8-15-26(23,3)4/h9-14,17-18H,7-8,15-16H2,1-6H3. The molecular formula is C27H34O2. The van der Waals surface area contributed by atoms with E-state index in [0.29, 0.717) is 12.2 Å². The van der Waals surface area contributed by atoms with Crippen molar-refractivity contribution in [1.82, 2.24) is 0 Å². The Hall–Kier alpha value is -2.35. The number of allylic oxidation sites excluding steroid dienone is 1. The maximum Gasteiger partial charge on any atom is 0.338 e. The summed E-state index contributed by atoms with van der Waals surface area (Å²) in [4.78, 5) is 11.8. The summed E-state index contributed by atoms with van der Waals surface area (Å²) in [5.74, 6) is -0.268. The van der Waals surface area contributed by atoms with Crippen molar-refractivity contribution in [3.8, 4) is 0 Å². The molecule has 0 bridgehead atoms. The number of carbonyl (C=O) groups excluding carboxylic acids is 1. The highest BCUT2D eigenvalue weighted by atomic mass is 16.5. The first-order valence-electron chi connectivity index (χ1n) is 10.7. The van der Waals surface area contributed by atoms with Crippen LogP contribution in [0.1, 0.15) is 93.4 Å². The lowest BCUT2D eigenvalue weighted by Crippen LogP contribution is -2.22. The molecule has 0 aromatic heterocycles. The number of hydrogen-bond donors (Lipinski definition) is 0. The van der Waals surface area contributed by atoms with E-state index in [0.717, 1.165) is 5.56 Å². The highest BCUT2D eigenvalue weighted by Crippen LogP contribution is 2.44. The molecule has 0 aliphatic heterocycles. The average molecular weight is 391 g/mol. The van der Waals surface area contributed by atoms with E-state index in [1.54, 1.807) is 0 Å². The second-order valence-corrected chi connectivity index (χ2v) is 9.55. The molecule has 0 heterocycles. The first kappa shape index (κ1) is 21.4. The molecule has 2 aromatic carbocycles. The Morgan fingerprint density at radius 2 is 1.52 bits per heavy atom. The van der Waals surface area contributed by atoms with E-state index in [2.05, 4.69) is 58.9 Å². The molecule has 2 aromatic rings. The van der Waals surface area contributed by atoms with Crippen molar-refractivity contribution in [1.29, 1.82) is 0 Å². The smallest absolute Gasteiger partial charge is 0.338 e. The minimum absolute atomic E-state index is 0.195. The number of fused-ring (bicyclic) bond motifs is 1. The van der Waals surface area contributed by atoms with Crippen LogP contribution in [0.5, 0.6) is 0 Å². The van der Waals surface area contributed by atoms with Gasteiger partial charge in [0.1, 0.15) is 0 Å². The van der Waals surface area contributed by atoms with Crippen LogP contribution in [0, 0.1) is 0 Å². The van der Waals surface area contributed by atoms with Crippen LogP contribution >= 0.6 is 0 Å². The Balaban J connectivity index is 1.93. The maximum absolute atomic E-state index is 11.8. The van der Waals surface area contributed by atoms with E-state index in [1.807, 2.05) is 31.2 Å². The fourth-order valence-electron chi connectivity index (χ4n) is 4.44. The predicted molar refractivity (Wildman–Crippen MR) is 122 cm³/mol. The fourth-order valence-corrected chi connectivity index (χ4v) is 4.44. The van der Waals surface area contributed by atoms with Crippen LogP contribution in [0.3, 0.4) is 0 Å². The number of esters is 1. The average Bonchev–Trinajstić information content (AvgIpc) is 2.76. The molecule has 2 nitrogen and oxygen atoms in total. The molecule has 0 spiro atoms. The second kappa shape index (κ2) is 8.18. The summed E-state index contributed by atoms with van der Waals surface area (Å²) in [5.41, 5.74) is 7.58. The molecule has 0 atom stereocenters. The van der Waals surface area contributed by atoms with Crippen molar-refractivity contribution in [2.24, 2.45) is 0 Å². The van der Waals surface area contributed by atoms with Crippen molar-refractivity contribution < 1.29 is 9.53 Å². The van der Waals surface area contributed by atoms with Crippen molar-refractivity contribution >= 4 is 17.6 Å². The molecule has 0 N–H and O–H groups in total. The SMILES string of the molecule is CCOC(=O)c1ccc(C=C(C)c2ccc3c(c2)C(C)(C)CCCC3(C)C)cc1. The molecule has 3 rings (SSSR count). The van der Waals surface area contributed by atoms with Gasteiger partial charge in [-0.25, -0.2) is 4.79 Å². The highest BCUT2D eigenvalue weighted by molar-refractivity contribution is 5.90. The summed E-state index contributed by atoms with van der Waals surface area (Å²) in [5, 5.41) is 0. The van der Waals surface area contributed by atoms with Gasteiger partial charge in [0, 0.05) is 0 Å². The van der Waals surface area contributed by atoms with Gasteiger partial charge in [-0.2, -0.15) is 0 Å². The van der Waals surface area contributed by atoms with Crippen LogP contribution in [0.15, 0.2) is 42.5 Å². The quantitative estimate of drug-likeness (QED) is 0.314. The minimum atomic E-state index is -0.268. The Morgan fingerprint density at radius 3 is 2.14 bits per heavy atom. The van der Waals surface area contributed by atoms with Crippen LogP contribution in [0.4, 0.5) is 0 Å². The summed E-state index contributed by atoms with van der Waals surface area (Å²) in [6, 6.07) is 14.6. The molecule has 29 heavy (non-hydrogen) atoms. The van der Waals surface area contributed by atoms with Gasteiger partial charge in [-0.05, 0) is 77.5 Å². The van der Waals surface area contributed by atoms with Crippen LogP contribution in [-0.2, 0) is 15.6 Å². The number of hydrogen-bond acceptors (Lipinski definition) is 2. The molecule has 0 fully saturated rings. The predicted octanol–water partition coefficient (Wildman–Crippen LogP) is 7.16. The topological polar surface area (TPSA) is 26.3 Å². The van der Waals surface area contributed by atoms with Gasteiger partial charge >= 0.3 is 5.97 Å². The summed E-state index contributed by atoms with van der Waals surface area (Å²) in [6.45, 7) is 13.9. The lowest BCUT2D eigenvalue weighted by Gasteiger charge is -2.30. The number of benzene rings is 2. The monoisotopic (exact) mass is 390 g/mol. The highest BCUT2D eigenvalue weighted by Gasteiger charge is 2.34. The zero-order valence-electron chi connectivity index (χ0n) is 18.8. The van der Waals surface area contributed by atoms with Gasteiger partial charge < -0.3 is 4.74 Å². The van der Waals surface area contributed by atoms with E-state index in [9.17, 15) is 4.79 Å². The van der Waals surface area contributed by atoms with Gasteiger partial charge in [0.2, 0.25) is 0 Å². The molecule has 154 valence electrons. The Kier molecular flexibility index (Phi) is 6.03. The molecule has 1 aliphatic rings. The largest absolute Gasteiger partial charge is 0.462 e. The van der Waals surface area contributed by atoms with Crippen molar-refractivity contribution in [2.75, 3.05) is 6.61 Å². The van der Waals surface area contributed by atoms with Gasteiger partial charge in [-0.1, -0.05) is 70.5 Å². The van der Waals surface area contributed by atoms with E-state index in [1.165, 1.54) is 41.5 Å². The third kappa shape index (κ3) is 4.63. The van der Waals surface area contributed by atoms with Gasteiger partial charge in [0.25, 0.3) is 0 Å². The van der Waals surface area contributed by atoms with E-state index in [4.69, 9.17) is 4.74 Å². The van der Waals surface area contributed by atoms with Gasteiger partial charge in [0.05, 0.1) is 12.2 Å². The first-order chi connectivity index (χ1) is 13.6. The van der Waals surface area contributed by atoms with Crippen LogP contribution in [-0.4, -0.2) is 12.6 Å². The van der Waals surface area contributed by atoms with Crippen molar-refractivity contribution in [3.05, 3.63) is 70.3 Å². The molecule has 0 unspecified atom stereocenters. The third-order valence-electron chi connectivity index (χ3n) is 6.34. The second-order valence-electron chi connectivity index (χ2n) is 9.55. The fraction of sp³-hybridized carbons (Fsp3) is 0.444. The van der Waals surface area contributed by atoms with Gasteiger partial charge in [0.15, 0.2) is 0 Å². The molecule has 0 saturated heterocycles. The van der Waals surface area contributed by atoms with Crippen molar-refractivity contribution in [2.45, 2.75) is 71.6 Å². The minimum Gasteiger partial charge on any atom is -0.462 e. The molecule has 0 amide bonds. The van der Waals surface area contributed by atoms with Crippen LogP contribution < -0.4 is 0 Å². The lowest BCUT2D eigenvalue weighted by atomic mass is 9.74. The van der Waals surface area contributed by atoms with Gasteiger partial charge in [-0.15, -0.1) is 0 Å². The third-order valence-corrected chi connectivity index (χ3v) is 6.34. The van der Waals surface area contributed by atoms with Crippen molar-refractivity contribution in [3.63, 3.8) is 0 Å². The molecule has 1 aliphatic carbocycles. The Morgan fingerprint density at radius 1 is 0.931 bits per heavy atom. The zero-order chi connectivity index (χ0) is 21.2. The molecule has 0 radical (unpaired) electrons. The lowest BCUT2D eigenvalue weighted by molar-refractivity contribution is 0.0526. The number of rotatable bonds is 4. The summed E-state index contributed by atoms with van der Waals surface area (Å²) in [6.07, 6.45) is 5.92. The summed E-state index contributed by atoms with van der Waals surface area (Å²) < 4.78 is 5.06. The molecular weight excluding hydrogens is 356 g/mol. The number of ether oxygens (including phenoxy) is 1. The first-order valence-corrected chi connectivity index (χ1v) is 10.7.